The molecule has 1 heterocycles. The maximum absolute atomic E-state index is 12.6. The lowest BCUT2D eigenvalue weighted by molar-refractivity contribution is 0.0710. The Morgan fingerprint density at radius 1 is 1.43 bits per heavy atom. The number of benzene rings is 1. The molecule has 0 aromatic heterocycles. The molecule has 2 rings (SSSR count). The van der Waals surface area contributed by atoms with Crippen molar-refractivity contribution in [3.63, 3.8) is 0 Å². The summed E-state index contributed by atoms with van der Waals surface area (Å²) in [5, 5.41) is 0.547. The van der Waals surface area contributed by atoms with Gasteiger partial charge >= 0.3 is 0 Å². The zero-order chi connectivity index (χ0) is 14.5. The summed E-state index contributed by atoms with van der Waals surface area (Å²) in [5.74, 6) is 0.585. The Balaban J connectivity index is 0.00000220. The molecule has 0 unspecified atom stereocenters. The van der Waals surface area contributed by atoms with Crippen molar-refractivity contribution in [1.29, 1.82) is 0 Å². The molecule has 4 nitrogen and oxygen atoms in total. The average molecular weight is 333 g/mol. The van der Waals surface area contributed by atoms with Crippen molar-refractivity contribution >= 4 is 29.9 Å². The number of nitrogens with zero attached hydrogens (tertiary/aromatic N) is 1. The van der Waals surface area contributed by atoms with Crippen LogP contribution in [0.3, 0.4) is 0 Å². The van der Waals surface area contributed by atoms with Crippen LogP contribution in [-0.2, 0) is 0 Å². The van der Waals surface area contributed by atoms with E-state index >= 15 is 0 Å². The number of carbonyl (C=O) groups excluding carboxylic acids is 1. The van der Waals surface area contributed by atoms with Gasteiger partial charge in [0.2, 0.25) is 0 Å². The molecule has 1 amide bonds. The minimum absolute atomic E-state index is 0. The first-order chi connectivity index (χ1) is 9.61. The first kappa shape index (κ1) is 18.1. The molecule has 2 N–H and O–H groups in total. The van der Waals surface area contributed by atoms with Gasteiger partial charge in [0.25, 0.3) is 5.91 Å². The lowest BCUT2D eigenvalue weighted by atomic mass is 10.0. The Morgan fingerprint density at radius 2 is 2.10 bits per heavy atom. The molecule has 0 atom stereocenters. The quantitative estimate of drug-likeness (QED) is 0.921. The fourth-order valence-corrected chi connectivity index (χ4v) is 2.45. The Morgan fingerprint density at radius 3 is 2.71 bits per heavy atom. The fourth-order valence-electron chi connectivity index (χ4n) is 2.28. The van der Waals surface area contributed by atoms with E-state index in [1.54, 1.807) is 18.2 Å². The molecule has 118 valence electrons. The van der Waals surface area contributed by atoms with Gasteiger partial charge in [-0.25, -0.2) is 0 Å². The molecular weight excluding hydrogens is 311 g/mol. The van der Waals surface area contributed by atoms with Crippen LogP contribution in [0.2, 0.25) is 5.02 Å². The van der Waals surface area contributed by atoms with E-state index in [0.717, 1.165) is 19.3 Å². The molecule has 1 saturated heterocycles. The van der Waals surface area contributed by atoms with E-state index in [4.69, 9.17) is 22.1 Å². The van der Waals surface area contributed by atoms with Gasteiger partial charge < -0.3 is 15.4 Å². The van der Waals surface area contributed by atoms with E-state index in [-0.39, 0.29) is 24.4 Å². The van der Waals surface area contributed by atoms with E-state index in [2.05, 4.69) is 0 Å². The van der Waals surface area contributed by atoms with Crippen molar-refractivity contribution < 1.29 is 9.53 Å². The van der Waals surface area contributed by atoms with Gasteiger partial charge in [0.05, 0.1) is 12.2 Å². The summed E-state index contributed by atoms with van der Waals surface area (Å²) in [7, 11) is 0. The zero-order valence-electron chi connectivity index (χ0n) is 12.2. The summed E-state index contributed by atoms with van der Waals surface area (Å²) < 4.78 is 5.64. The normalized spacial score (nSPS) is 15.5. The lowest BCUT2D eigenvalue weighted by Gasteiger charge is -2.30. The van der Waals surface area contributed by atoms with Gasteiger partial charge in [0.15, 0.2) is 0 Å². The number of ether oxygens (including phenoxy) is 1. The van der Waals surface area contributed by atoms with Crippen molar-refractivity contribution in [2.24, 2.45) is 5.73 Å². The van der Waals surface area contributed by atoms with E-state index < -0.39 is 0 Å². The number of hydrogen-bond donors (Lipinski definition) is 1. The molecule has 0 saturated carbocycles. The predicted molar refractivity (Wildman–Crippen MR) is 87.6 cm³/mol. The van der Waals surface area contributed by atoms with E-state index in [9.17, 15) is 4.79 Å². The molecule has 1 fully saturated rings. The summed E-state index contributed by atoms with van der Waals surface area (Å²) >= 11 is 6.01. The van der Waals surface area contributed by atoms with Crippen molar-refractivity contribution in [1.82, 2.24) is 4.90 Å². The van der Waals surface area contributed by atoms with Crippen LogP contribution in [0.5, 0.6) is 5.75 Å². The van der Waals surface area contributed by atoms with Crippen LogP contribution in [0.15, 0.2) is 18.2 Å². The number of carbonyl (C=O) groups is 1. The maximum Gasteiger partial charge on any atom is 0.257 e. The Kier molecular flexibility index (Phi) is 7.29. The third-order valence-corrected chi connectivity index (χ3v) is 3.70. The van der Waals surface area contributed by atoms with Gasteiger partial charge in [-0.05, 0) is 37.5 Å². The van der Waals surface area contributed by atoms with Crippen LogP contribution in [0.4, 0.5) is 0 Å². The van der Waals surface area contributed by atoms with E-state index in [1.165, 1.54) is 0 Å². The number of halogens is 2. The molecule has 6 heteroatoms. The lowest BCUT2D eigenvalue weighted by Crippen LogP contribution is -2.42. The second-order valence-electron chi connectivity index (χ2n) is 5.12. The van der Waals surface area contributed by atoms with Gasteiger partial charge in [-0.15, -0.1) is 12.4 Å². The van der Waals surface area contributed by atoms with Crippen molar-refractivity contribution in [3.05, 3.63) is 28.8 Å². The van der Waals surface area contributed by atoms with Gasteiger partial charge in [-0.2, -0.15) is 0 Å². The number of rotatable bonds is 4. The van der Waals surface area contributed by atoms with E-state index in [0.29, 0.717) is 36.0 Å². The number of hydrogen-bond acceptors (Lipinski definition) is 3. The van der Waals surface area contributed by atoms with E-state index in [1.807, 2.05) is 11.8 Å². The third-order valence-electron chi connectivity index (χ3n) is 3.46. The predicted octanol–water partition coefficient (Wildman–Crippen LogP) is 3.11. The molecular formula is C15H22Cl2N2O2. The number of amides is 1. The highest BCUT2D eigenvalue weighted by molar-refractivity contribution is 6.31. The van der Waals surface area contributed by atoms with Crippen LogP contribution >= 0.6 is 24.0 Å². The third kappa shape index (κ3) is 4.77. The highest BCUT2D eigenvalue weighted by Crippen LogP contribution is 2.25. The largest absolute Gasteiger partial charge is 0.493 e. The SMILES string of the molecule is CCCOc1ccc(Cl)cc1C(=O)N1CCC(N)CC1.Cl. The van der Waals surface area contributed by atoms with Crippen molar-refractivity contribution in [2.45, 2.75) is 32.2 Å². The summed E-state index contributed by atoms with van der Waals surface area (Å²) in [6.07, 6.45) is 2.59. The second-order valence-corrected chi connectivity index (χ2v) is 5.56. The first-order valence-electron chi connectivity index (χ1n) is 7.09. The van der Waals surface area contributed by atoms with Crippen LogP contribution in [0.1, 0.15) is 36.5 Å². The van der Waals surface area contributed by atoms with Gasteiger partial charge in [0, 0.05) is 24.2 Å². The summed E-state index contributed by atoms with van der Waals surface area (Å²) in [4.78, 5) is 14.4. The summed E-state index contributed by atoms with van der Waals surface area (Å²) in [5.41, 5.74) is 6.41. The van der Waals surface area contributed by atoms with Gasteiger partial charge in [0.1, 0.15) is 5.75 Å². The minimum Gasteiger partial charge on any atom is -0.493 e. The minimum atomic E-state index is -0.0227. The molecule has 0 radical (unpaired) electrons. The fraction of sp³-hybridized carbons (Fsp3) is 0.533. The highest BCUT2D eigenvalue weighted by Gasteiger charge is 2.24. The maximum atomic E-state index is 12.6. The average Bonchev–Trinajstić information content (AvgIpc) is 2.46. The molecule has 21 heavy (non-hydrogen) atoms. The highest BCUT2D eigenvalue weighted by atomic mass is 35.5. The van der Waals surface area contributed by atoms with Crippen molar-refractivity contribution in [2.75, 3.05) is 19.7 Å². The van der Waals surface area contributed by atoms with Crippen LogP contribution in [0.25, 0.3) is 0 Å². The Hall–Kier alpha value is -0.970. The van der Waals surface area contributed by atoms with Crippen molar-refractivity contribution in [3.8, 4) is 5.75 Å². The molecule has 1 aromatic rings. The molecule has 0 spiro atoms. The van der Waals surface area contributed by atoms with Crippen LogP contribution < -0.4 is 10.5 Å². The van der Waals surface area contributed by atoms with Gasteiger partial charge in [-0.1, -0.05) is 18.5 Å². The van der Waals surface area contributed by atoms with Crippen LogP contribution in [0, 0.1) is 0 Å². The molecule has 0 bridgehead atoms. The van der Waals surface area contributed by atoms with Crippen LogP contribution in [-0.4, -0.2) is 36.5 Å². The first-order valence-corrected chi connectivity index (χ1v) is 7.46. The monoisotopic (exact) mass is 332 g/mol. The Labute approximate surface area is 137 Å². The van der Waals surface area contributed by atoms with Gasteiger partial charge in [-0.3, -0.25) is 4.79 Å². The smallest absolute Gasteiger partial charge is 0.257 e. The number of likely N-dealkylation sites (tertiary alicyclic amines) is 1. The molecule has 1 aromatic carbocycles. The molecule has 0 aliphatic carbocycles. The zero-order valence-corrected chi connectivity index (χ0v) is 13.8. The number of piperidine rings is 1. The topological polar surface area (TPSA) is 55.6 Å². The Bertz CT molecular complexity index is 475. The standard InChI is InChI=1S/C15H21ClN2O2.ClH/c1-2-9-20-14-4-3-11(16)10-13(14)15(19)18-7-5-12(17)6-8-18;/h3-4,10,12H,2,5-9,17H2,1H3;1H. The molecule has 1 aliphatic heterocycles. The molecule has 1 aliphatic rings. The summed E-state index contributed by atoms with van der Waals surface area (Å²) in [6, 6.07) is 5.40. The second kappa shape index (κ2) is 8.47. The summed E-state index contributed by atoms with van der Waals surface area (Å²) in [6.45, 7) is 4.01. The number of nitrogens with two attached hydrogens (primary N) is 1.